The summed E-state index contributed by atoms with van der Waals surface area (Å²) in [5.74, 6) is 0.665. The average molecular weight is 391 g/mol. The van der Waals surface area contributed by atoms with Crippen molar-refractivity contribution in [3.05, 3.63) is 66.7 Å². The largest absolute Gasteiger partial charge is 0.347 e. The van der Waals surface area contributed by atoms with Crippen LogP contribution in [0.3, 0.4) is 0 Å². The predicted octanol–water partition coefficient (Wildman–Crippen LogP) is 1.60. The van der Waals surface area contributed by atoms with Gasteiger partial charge in [-0.15, -0.1) is 0 Å². The van der Waals surface area contributed by atoms with Crippen molar-refractivity contribution in [2.45, 2.75) is 13.0 Å². The molecule has 8 heteroatoms. The van der Waals surface area contributed by atoms with E-state index in [1.165, 1.54) is 0 Å². The minimum Gasteiger partial charge on any atom is -0.347 e. The molecule has 1 unspecified atom stereocenters. The molecular formula is C21H25N7O. The van der Waals surface area contributed by atoms with Crippen LogP contribution >= 0.6 is 0 Å². The monoisotopic (exact) mass is 391 g/mol. The summed E-state index contributed by atoms with van der Waals surface area (Å²) in [7, 11) is 0. The van der Waals surface area contributed by atoms with Crippen LogP contribution in [0.1, 0.15) is 17.4 Å². The fourth-order valence-electron chi connectivity index (χ4n) is 3.57. The highest BCUT2D eigenvalue weighted by atomic mass is 16.2. The minimum atomic E-state index is -0.116. The number of anilines is 1. The number of carbonyl (C=O) groups is 1. The standard InChI is InChI=1S/C21H25N7O/c1-17(16-26-12-14-27(15-13-26)21-22-9-5-10-23-21)25-20(29)19-8-11-24-28(19)18-6-3-2-4-7-18/h2-11,17H,12-16H2,1H3,(H,25,29). The first-order valence-corrected chi connectivity index (χ1v) is 9.85. The van der Waals surface area contributed by atoms with Crippen LogP contribution in [0.15, 0.2) is 61.1 Å². The second-order valence-corrected chi connectivity index (χ2v) is 7.17. The van der Waals surface area contributed by atoms with Crippen LogP contribution < -0.4 is 10.2 Å². The summed E-state index contributed by atoms with van der Waals surface area (Å²) in [5.41, 5.74) is 1.41. The zero-order chi connectivity index (χ0) is 20.1. The van der Waals surface area contributed by atoms with Gasteiger partial charge < -0.3 is 10.2 Å². The van der Waals surface area contributed by atoms with Crippen LogP contribution in [0.4, 0.5) is 5.95 Å². The molecule has 0 aliphatic carbocycles. The van der Waals surface area contributed by atoms with E-state index in [-0.39, 0.29) is 11.9 Å². The summed E-state index contributed by atoms with van der Waals surface area (Å²) in [5, 5.41) is 7.40. The summed E-state index contributed by atoms with van der Waals surface area (Å²) >= 11 is 0. The summed E-state index contributed by atoms with van der Waals surface area (Å²) < 4.78 is 1.67. The lowest BCUT2D eigenvalue weighted by Gasteiger charge is -2.35. The van der Waals surface area contributed by atoms with Gasteiger partial charge in [0.15, 0.2) is 0 Å². The Morgan fingerprint density at radius 1 is 1.00 bits per heavy atom. The van der Waals surface area contributed by atoms with Crippen molar-refractivity contribution in [2.24, 2.45) is 0 Å². The number of nitrogens with one attached hydrogen (secondary N) is 1. The van der Waals surface area contributed by atoms with E-state index in [0.29, 0.717) is 5.69 Å². The highest BCUT2D eigenvalue weighted by Gasteiger charge is 2.22. The number of hydrogen-bond acceptors (Lipinski definition) is 6. The summed E-state index contributed by atoms with van der Waals surface area (Å²) in [6.45, 7) is 6.43. The Bertz CT molecular complexity index is 920. The number of rotatable bonds is 6. The topological polar surface area (TPSA) is 79.2 Å². The Morgan fingerprint density at radius 2 is 1.72 bits per heavy atom. The van der Waals surface area contributed by atoms with E-state index in [1.54, 1.807) is 29.3 Å². The number of carbonyl (C=O) groups excluding carboxylic acids is 1. The lowest BCUT2D eigenvalue weighted by Crippen LogP contribution is -2.51. The molecule has 0 bridgehead atoms. The van der Waals surface area contributed by atoms with Gasteiger partial charge in [0.2, 0.25) is 5.95 Å². The molecule has 1 atom stereocenters. The third kappa shape index (κ3) is 4.60. The second-order valence-electron chi connectivity index (χ2n) is 7.17. The van der Waals surface area contributed by atoms with E-state index in [4.69, 9.17) is 0 Å². The summed E-state index contributed by atoms with van der Waals surface area (Å²) in [6, 6.07) is 13.3. The molecule has 29 heavy (non-hydrogen) atoms. The van der Waals surface area contributed by atoms with Gasteiger partial charge in [0, 0.05) is 51.2 Å². The molecule has 2 aromatic heterocycles. The van der Waals surface area contributed by atoms with E-state index < -0.39 is 0 Å². The number of benzene rings is 1. The van der Waals surface area contributed by atoms with Crippen LogP contribution in [-0.2, 0) is 0 Å². The van der Waals surface area contributed by atoms with E-state index in [9.17, 15) is 4.79 Å². The van der Waals surface area contributed by atoms with Crippen LogP contribution in [0, 0.1) is 0 Å². The van der Waals surface area contributed by atoms with Crippen molar-refractivity contribution < 1.29 is 4.79 Å². The number of hydrogen-bond donors (Lipinski definition) is 1. The molecule has 1 aliphatic rings. The average Bonchev–Trinajstić information content (AvgIpc) is 3.26. The SMILES string of the molecule is CC(CN1CCN(c2ncccn2)CC1)NC(=O)c1ccnn1-c1ccccc1. The lowest BCUT2D eigenvalue weighted by molar-refractivity contribution is 0.0920. The molecule has 3 aromatic rings. The smallest absolute Gasteiger partial charge is 0.270 e. The molecule has 3 heterocycles. The molecular weight excluding hydrogens is 366 g/mol. The molecule has 0 radical (unpaired) electrons. The maximum Gasteiger partial charge on any atom is 0.270 e. The van der Waals surface area contributed by atoms with Crippen LogP contribution in [0.5, 0.6) is 0 Å². The predicted molar refractivity (Wildman–Crippen MR) is 111 cm³/mol. The second kappa shape index (κ2) is 8.83. The quantitative estimate of drug-likeness (QED) is 0.688. The highest BCUT2D eigenvalue weighted by Crippen LogP contribution is 2.12. The van der Waals surface area contributed by atoms with Crippen LogP contribution in [0.25, 0.3) is 5.69 Å². The van der Waals surface area contributed by atoms with Crippen molar-refractivity contribution in [3.63, 3.8) is 0 Å². The molecule has 1 saturated heterocycles. The van der Waals surface area contributed by atoms with Crippen LogP contribution in [-0.4, -0.2) is 69.3 Å². The number of aromatic nitrogens is 4. The number of amides is 1. The maximum atomic E-state index is 12.8. The van der Waals surface area contributed by atoms with Crippen molar-refractivity contribution in [2.75, 3.05) is 37.6 Å². The molecule has 150 valence electrons. The first-order chi connectivity index (χ1) is 14.2. The Morgan fingerprint density at radius 3 is 2.45 bits per heavy atom. The van der Waals surface area contributed by atoms with Gasteiger partial charge in [-0.25, -0.2) is 14.6 Å². The van der Waals surface area contributed by atoms with Gasteiger partial charge in [0.05, 0.1) is 11.9 Å². The van der Waals surface area contributed by atoms with Gasteiger partial charge in [-0.3, -0.25) is 9.69 Å². The Labute approximate surface area is 170 Å². The normalized spacial score (nSPS) is 15.8. The van der Waals surface area contributed by atoms with Gasteiger partial charge >= 0.3 is 0 Å². The van der Waals surface area contributed by atoms with E-state index in [1.807, 2.05) is 43.3 Å². The van der Waals surface area contributed by atoms with Crippen LogP contribution in [0.2, 0.25) is 0 Å². The van der Waals surface area contributed by atoms with Gasteiger partial charge in [0.25, 0.3) is 5.91 Å². The maximum absolute atomic E-state index is 12.8. The Kier molecular flexibility index (Phi) is 5.81. The Balaban J connectivity index is 1.30. The molecule has 0 saturated carbocycles. The van der Waals surface area contributed by atoms with E-state index in [0.717, 1.165) is 44.4 Å². The zero-order valence-corrected chi connectivity index (χ0v) is 16.5. The fourth-order valence-corrected chi connectivity index (χ4v) is 3.57. The minimum absolute atomic E-state index is 0.0288. The third-order valence-electron chi connectivity index (χ3n) is 4.99. The molecule has 8 nitrogen and oxygen atoms in total. The number of piperazine rings is 1. The molecule has 1 amide bonds. The first kappa shape index (κ1) is 19.1. The zero-order valence-electron chi connectivity index (χ0n) is 16.5. The number of para-hydroxylation sites is 1. The third-order valence-corrected chi connectivity index (χ3v) is 4.99. The van der Waals surface area contributed by atoms with Gasteiger partial charge in [-0.2, -0.15) is 5.10 Å². The highest BCUT2D eigenvalue weighted by molar-refractivity contribution is 5.93. The lowest BCUT2D eigenvalue weighted by atomic mass is 10.2. The molecule has 1 fully saturated rings. The Hall–Kier alpha value is -3.26. The van der Waals surface area contributed by atoms with Gasteiger partial charge in [-0.1, -0.05) is 18.2 Å². The molecule has 1 N–H and O–H groups in total. The number of nitrogens with zero attached hydrogens (tertiary/aromatic N) is 6. The van der Waals surface area contributed by atoms with Crippen molar-refractivity contribution in [1.29, 1.82) is 0 Å². The van der Waals surface area contributed by atoms with Crippen molar-refractivity contribution >= 4 is 11.9 Å². The van der Waals surface area contributed by atoms with E-state index in [2.05, 4.69) is 30.2 Å². The van der Waals surface area contributed by atoms with Crippen molar-refractivity contribution in [3.8, 4) is 5.69 Å². The van der Waals surface area contributed by atoms with Crippen molar-refractivity contribution in [1.82, 2.24) is 30.0 Å². The molecule has 1 aliphatic heterocycles. The summed E-state index contributed by atoms with van der Waals surface area (Å²) in [4.78, 5) is 26.0. The van der Waals surface area contributed by atoms with E-state index >= 15 is 0 Å². The molecule has 1 aromatic carbocycles. The van der Waals surface area contributed by atoms with Gasteiger partial charge in [0.1, 0.15) is 5.69 Å². The first-order valence-electron chi connectivity index (χ1n) is 9.85. The fraction of sp³-hybridized carbons (Fsp3) is 0.333. The summed E-state index contributed by atoms with van der Waals surface area (Å²) in [6.07, 6.45) is 5.19. The van der Waals surface area contributed by atoms with Gasteiger partial charge in [-0.05, 0) is 31.2 Å². The molecule has 4 rings (SSSR count). The molecule has 0 spiro atoms.